The largest absolute Gasteiger partial charge is 2.00 e. The number of carbonyl (C=O) groups excluding carboxylic acids is 2. The Labute approximate surface area is 133 Å². The number of hydrogen-bond donors (Lipinski definition) is 1. The summed E-state index contributed by atoms with van der Waals surface area (Å²) in [5, 5.41) is 22.9. The predicted molar refractivity (Wildman–Crippen MR) is 68.3 cm³/mol. The molecule has 106 valence electrons. The Bertz CT molecular complexity index is 380. The molecule has 0 saturated carbocycles. The SMILES string of the molecule is C1CC[NH2+]CC1.O=C([O-])c1cccc(C(=O)[O-])c1.[Mg+2].[OH-]. The molecule has 6 nitrogen and oxygen atoms in total. The molecular formula is C13H17MgNO5. The van der Waals surface area contributed by atoms with Crippen LogP contribution in [0.15, 0.2) is 24.3 Å². The van der Waals surface area contributed by atoms with Gasteiger partial charge in [-0.15, -0.1) is 0 Å². The number of nitrogens with two attached hydrogens (primary N) is 1. The maximum absolute atomic E-state index is 10.3. The van der Waals surface area contributed by atoms with Gasteiger partial charge in [-0.25, -0.2) is 0 Å². The van der Waals surface area contributed by atoms with Crippen LogP contribution in [0.1, 0.15) is 40.0 Å². The van der Waals surface area contributed by atoms with Crippen LogP contribution in [0.2, 0.25) is 0 Å². The van der Waals surface area contributed by atoms with Crippen molar-refractivity contribution < 1.29 is 30.6 Å². The fraction of sp³-hybridized carbons (Fsp3) is 0.385. The molecule has 0 spiro atoms. The molecule has 2 rings (SSSR count). The Morgan fingerprint density at radius 3 is 1.65 bits per heavy atom. The second kappa shape index (κ2) is 11.7. The van der Waals surface area contributed by atoms with E-state index in [0.717, 1.165) is 6.07 Å². The van der Waals surface area contributed by atoms with E-state index in [1.54, 1.807) is 0 Å². The van der Waals surface area contributed by atoms with E-state index in [-0.39, 0.29) is 39.7 Å². The standard InChI is InChI=1S/C8H6O4.C5H11N.Mg.H2O/c9-7(10)5-2-1-3-6(4-5)8(11)12;1-2-4-6-5-3-1;;/h1-4H,(H,9,10)(H,11,12);6H,1-5H2;;1H2/q;;+2;/p-2. The van der Waals surface area contributed by atoms with Gasteiger partial charge in [0.15, 0.2) is 0 Å². The first-order valence-electron chi connectivity index (χ1n) is 5.95. The van der Waals surface area contributed by atoms with Crippen molar-refractivity contribution in [3.8, 4) is 0 Å². The number of hydrogen-bond acceptors (Lipinski definition) is 5. The molecule has 3 N–H and O–H groups in total. The molecule has 7 heteroatoms. The average Bonchev–Trinajstić information content (AvgIpc) is 2.41. The van der Waals surface area contributed by atoms with E-state index < -0.39 is 11.9 Å². The van der Waals surface area contributed by atoms with E-state index in [1.165, 1.54) is 50.6 Å². The fourth-order valence-corrected chi connectivity index (χ4v) is 1.67. The molecule has 1 aliphatic rings. The van der Waals surface area contributed by atoms with Crippen LogP contribution in [0.25, 0.3) is 0 Å². The quantitative estimate of drug-likeness (QED) is 0.607. The number of quaternary nitrogens is 1. The van der Waals surface area contributed by atoms with E-state index in [4.69, 9.17) is 0 Å². The summed E-state index contributed by atoms with van der Waals surface area (Å²) < 4.78 is 0. The summed E-state index contributed by atoms with van der Waals surface area (Å²) in [7, 11) is 0. The molecule has 1 heterocycles. The minimum Gasteiger partial charge on any atom is -0.870 e. The van der Waals surface area contributed by atoms with Gasteiger partial charge in [-0.1, -0.05) is 18.2 Å². The Hall–Kier alpha value is -1.15. The first kappa shape index (κ1) is 21.2. The fourth-order valence-electron chi connectivity index (χ4n) is 1.67. The second-order valence-electron chi connectivity index (χ2n) is 4.08. The van der Waals surface area contributed by atoms with Gasteiger partial charge in [-0.2, -0.15) is 0 Å². The zero-order valence-corrected chi connectivity index (χ0v) is 12.6. The molecule has 1 aromatic rings. The zero-order valence-electron chi connectivity index (χ0n) is 11.2. The van der Waals surface area contributed by atoms with Crippen molar-refractivity contribution in [1.29, 1.82) is 0 Å². The number of piperidine rings is 1. The van der Waals surface area contributed by atoms with Gasteiger partial charge in [0.05, 0.1) is 25.0 Å². The molecule has 0 radical (unpaired) electrons. The summed E-state index contributed by atoms with van der Waals surface area (Å²) in [6.45, 7) is 2.75. The van der Waals surface area contributed by atoms with E-state index in [1.807, 2.05) is 0 Å². The van der Waals surface area contributed by atoms with Crippen molar-refractivity contribution in [1.82, 2.24) is 0 Å². The minimum atomic E-state index is -1.40. The Morgan fingerprint density at radius 1 is 0.950 bits per heavy atom. The minimum absolute atomic E-state index is 0. The Balaban J connectivity index is 0. The molecule has 0 bridgehead atoms. The van der Waals surface area contributed by atoms with E-state index in [0.29, 0.717) is 0 Å². The average molecular weight is 292 g/mol. The predicted octanol–water partition coefficient (Wildman–Crippen LogP) is -2.41. The third-order valence-corrected chi connectivity index (χ3v) is 2.65. The van der Waals surface area contributed by atoms with Gasteiger partial charge >= 0.3 is 23.1 Å². The zero-order chi connectivity index (χ0) is 13.4. The van der Waals surface area contributed by atoms with Gasteiger partial charge in [0.1, 0.15) is 0 Å². The van der Waals surface area contributed by atoms with E-state index in [2.05, 4.69) is 5.32 Å². The molecule has 1 fully saturated rings. The van der Waals surface area contributed by atoms with Crippen molar-refractivity contribution in [2.75, 3.05) is 13.1 Å². The molecule has 0 aliphatic carbocycles. The van der Waals surface area contributed by atoms with Crippen LogP contribution in [0, 0.1) is 0 Å². The van der Waals surface area contributed by atoms with E-state index in [9.17, 15) is 19.8 Å². The molecule has 1 aromatic carbocycles. The van der Waals surface area contributed by atoms with Crippen LogP contribution in [0.4, 0.5) is 0 Å². The third kappa shape index (κ3) is 8.10. The van der Waals surface area contributed by atoms with Crippen molar-refractivity contribution in [3.05, 3.63) is 35.4 Å². The second-order valence-corrected chi connectivity index (χ2v) is 4.08. The Morgan fingerprint density at radius 2 is 1.40 bits per heavy atom. The van der Waals surface area contributed by atoms with Gasteiger partial charge in [-0.05, 0) is 36.5 Å². The monoisotopic (exact) mass is 291 g/mol. The first-order valence-corrected chi connectivity index (χ1v) is 5.95. The molecule has 20 heavy (non-hydrogen) atoms. The van der Waals surface area contributed by atoms with Gasteiger partial charge in [0.25, 0.3) is 0 Å². The molecule has 0 amide bonds. The summed E-state index contributed by atoms with van der Waals surface area (Å²) in [4.78, 5) is 20.5. The van der Waals surface area contributed by atoms with Gasteiger partial charge in [0.2, 0.25) is 0 Å². The van der Waals surface area contributed by atoms with Crippen molar-refractivity contribution in [3.63, 3.8) is 0 Å². The summed E-state index contributed by atoms with van der Waals surface area (Å²) in [5.41, 5.74) is -0.339. The normalized spacial score (nSPS) is 12.8. The number of carboxylic acid groups (broad SMARTS) is 2. The molecule has 0 aromatic heterocycles. The topological polar surface area (TPSA) is 127 Å². The van der Waals surface area contributed by atoms with Gasteiger partial charge in [0, 0.05) is 0 Å². The Kier molecular flexibility index (Phi) is 12.3. The van der Waals surface area contributed by atoms with Crippen LogP contribution < -0.4 is 15.5 Å². The first-order chi connectivity index (χ1) is 8.61. The summed E-state index contributed by atoms with van der Waals surface area (Å²) in [6, 6.07) is 4.81. The smallest absolute Gasteiger partial charge is 0.870 e. The van der Waals surface area contributed by atoms with Gasteiger partial charge < -0.3 is 30.6 Å². The number of carboxylic acids is 2. The molecule has 1 saturated heterocycles. The summed E-state index contributed by atoms with van der Waals surface area (Å²) in [6.07, 6.45) is 4.36. The maximum Gasteiger partial charge on any atom is 2.00 e. The number of rotatable bonds is 2. The number of aromatic carboxylic acids is 2. The molecule has 0 atom stereocenters. The van der Waals surface area contributed by atoms with Crippen molar-refractivity contribution in [2.45, 2.75) is 19.3 Å². The van der Waals surface area contributed by atoms with Crippen molar-refractivity contribution in [2.24, 2.45) is 0 Å². The third-order valence-electron chi connectivity index (χ3n) is 2.65. The maximum atomic E-state index is 10.3. The summed E-state index contributed by atoms with van der Waals surface area (Å²) >= 11 is 0. The van der Waals surface area contributed by atoms with Crippen molar-refractivity contribution >= 4 is 35.0 Å². The molecule has 1 aliphatic heterocycles. The van der Waals surface area contributed by atoms with Crippen LogP contribution >= 0.6 is 0 Å². The summed E-state index contributed by atoms with van der Waals surface area (Å²) in [5.74, 6) is -2.81. The van der Waals surface area contributed by atoms with Crippen LogP contribution in [-0.2, 0) is 0 Å². The van der Waals surface area contributed by atoms with Gasteiger partial charge in [-0.3, -0.25) is 0 Å². The van der Waals surface area contributed by atoms with Crippen LogP contribution in [0.3, 0.4) is 0 Å². The molecule has 0 unspecified atom stereocenters. The number of benzene rings is 1. The van der Waals surface area contributed by atoms with Crippen LogP contribution in [-0.4, -0.2) is 53.6 Å². The van der Waals surface area contributed by atoms with E-state index >= 15 is 0 Å². The number of carbonyl (C=O) groups is 2. The van der Waals surface area contributed by atoms with Crippen LogP contribution in [0.5, 0.6) is 0 Å². The molecular weight excluding hydrogens is 274 g/mol.